The zero-order chi connectivity index (χ0) is 21.8. The van der Waals surface area contributed by atoms with E-state index >= 15 is 0 Å². The van der Waals surface area contributed by atoms with E-state index < -0.39 is 4.92 Å². The molecule has 4 rings (SSSR count). The lowest BCUT2D eigenvalue weighted by Crippen LogP contribution is -2.34. The first-order valence-corrected chi connectivity index (χ1v) is 10.7. The maximum Gasteiger partial charge on any atom is 0.284 e. The Hall–Kier alpha value is -3.46. The summed E-state index contributed by atoms with van der Waals surface area (Å²) in [6.07, 6.45) is 7.35. The SMILES string of the molecule is Cn1cnnc1Sc1ccc(C(=O)N2CCCC2C=Cc2ccccc2)cc1[N+](=O)[O-]. The number of hydrogen-bond acceptors (Lipinski definition) is 6. The van der Waals surface area contributed by atoms with Crippen molar-refractivity contribution in [3.05, 3.63) is 82.2 Å². The molecule has 1 amide bonds. The zero-order valence-corrected chi connectivity index (χ0v) is 17.7. The lowest BCUT2D eigenvalue weighted by molar-refractivity contribution is -0.387. The van der Waals surface area contributed by atoms with Crippen molar-refractivity contribution in [3.8, 4) is 0 Å². The highest BCUT2D eigenvalue weighted by Gasteiger charge is 2.29. The molecule has 9 heteroatoms. The van der Waals surface area contributed by atoms with Crippen molar-refractivity contribution >= 4 is 29.4 Å². The quantitative estimate of drug-likeness (QED) is 0.426. The third-order valence-electron chi connectivity index (χ3n) is 5.14. The van der Waals surface area contributed by atoms with Crippen LogP contribution in [0.5, 0.6) is 0 Å². The van der Waals surface area contributed by atoms with E-state index in [2.05, 4.69) is 10.2 Å². The van der Waals surface area contributed by atoms with Crippen LogP contribution < -0.4 is 0 Å². The summed E-state index contributed by atoms with van der Waals surface area (Å²) in [5.41, 5.74) is 1.27. The molecule has 1 aromatic heterocycles. The van der Waals surface area contributed by atoms with Gasteiger partial charge in [-0.1, -0.05) is 42.5 Å². The van der Waals surface area contributed by atoms with Gasteiger partial charge in [0.2, 0.25) is 0 Å². The second-order valence-corrected chi connectivity index (χ2v) is 8.25. The Morgan fingerprint density at radius 3 is 2.77 bits per heavy atom. The number of rotatable bonds is 6. The Labute approximate surface area is 183 Å². The Bertz CT molecular complexity index is 1130. The summed E-state index contributed by atoms with van der Waals surface area (Å²) in [6.45, 7) is 0.631. The van der Waals surface area contributed by atoms with Gasteiger partial charge in [0.25, 0.3) is 11.6 Å². The van der Waals surface area contributed by atoms with Gasteiger partial charge in [0.1, 0.15) is 6.33 Å². The number of nitro benzene ring substituents is 1. The molecule has 0 aliphatic carbocycles. The van der Waals surface area contributed by atoms with Crippen LogP contribution in [0.15, 0.2) is 71.0 Å². The second kappa shape index (κ2) is 9.13. The lowest BCUT2D eigenvalue weighted by Gasteiger charge is -2.22. The highest BCUT2D eigenvalue weighted by atomic mass is 32.2. The molecular formula is C22H21N5O3S. The molecule has 31 heavy (non-hydrogen) atoms. The van der Waals surface area contributed by atoms with Crippen LogP contribution in [0.1, 0.15) is 28.8 Å². The highest BCUT2D eigenvalue weighted by molar-refractivity contribution is 7.99. The molecule has 1 aliphatic heterocycles. The van der Waals surface area contributed by atoms with E-state index in [9.17, 15) is 14.9 Å². The Morgan fingerprint density at radius 1 is 1.26 bits per heavy atom. The number of amides is 1. The summed E-state index contributed by atoms with van der Waals surface area (Å²) in [5, 5.41) is 20.0. The predicted octanol–water partition coefficient (Wildman–Crippen LogP) is 4.19. The van der Waals surface area contributed by atoms with Crippen LogP contribution in [0.2, 0.25) is 0 Å². The fourth-order valence-corrected chi connectivity index (χ4v) is 4.39. The van der Waals surface area contributed by atoms with Gasteiger partial charge in [-0.15, -0.1) is 10.2 Å². The molecule has 0 N–H and O–H groups in total. The fraction of sp³-hybridized carbons (Fsp3) is 0.227. The average Bonchev–Trinajstić information content (AvgIpc) is 3.41. The van der Waals surface area contributed by atoms with Gasteiger partial charge in [0.15, 0.2) is 5.16 Å². The van der Waals surface area contributed by atoms with E-state index in [4.69, 9.17) is 0 Å². The van der Waals surface area contributed by atoms with Crippen LogP contribution in [0.3, 0.4) is 0 Å². The van der Waals surface area contributed by atoms with E-state index in [0.717, 1.165) is 30.2 Å². The number of aryl methyl sites for hydroxylation is 1. The highest BCUT2D eigenvalue weighted by Crippen LogP contribution is 2.35. The van der Waals surface area contributed by atoms with Gasteiger partial charge in [-0.3, -0.25) is 14.9 Å². The number of nitro groups is 1. The first-order valence-electron chi connectivity index (χ1n) is 9.87. The average molecular weight is 436 g/mol. The van der Waals surface area contributed by atoms with Gasteiger partial charge in [0, 0.05) is 25.2 Å². The first kappa shape index (κ1) is 20.8. The van der Waals surface area contributed by atoms with Crippen molar-refractivity contribution in [1.29, 1.82) is 0 Å². The normalized spacial score (nSPS) is 16.2. The Kier molecular flexibility index (Phi) is 6.13. The van der Waals surface area contributed by atoms with Gasteiger partial charge < -0.3 is 9.47 Å². The van der Waals surface area contributed by atoms with Gasteiger partial charge in [0.05, 0.1) is 15.9 Å². The maximum atomic E-state index is 13.2. The molecule has 3 aromatic rings. The van der Waals surface area contributed by atoms with E-state index in [1.54, 1.807) is 28.6 Å². The molecule has 1 fully saturated rings. The molecule has 0 radical (unpaired) electrons. The van der Waals surface area contributed by atoms with E-state index in [1.807, 2.05) is 42.5 Å². The molecule has 1 unspecified atom stereocenters. The number of aromatic nitrogens is 3. The summed E-state index contributed by atoms with van der Waals surface area (Å²) in [4.78, 5) is 26.6. The number of carbonyl (C=O) groups is 1. The Morgan fingerprint density at radius 2 is 2.06 bits per heavy atom. The summed E-state index contributed by atoms with van der Waals surface area (Å²) in [5.74, 6) is -0.196. The smallest absolute Gasteiger partial charge is 0.284 e. The first-order chi connectivity index (χ1) is 15.0. The largest absolute Gasteiger partial charge is 0.332 e. The summed E-state index contributed by atoms with van der Waals surface area (Å²) in [6, 6.07) is 14.5. The third kappa shape index (κ3) is 4.66. The van der Waals surface area contributed by atoms with E-state index in [0.29, 0.717) is 22.2 Å². The molecule has 8 nitrogen and oxygen atoms in total. The van der Waals surface area contributed by atoms with Crippen LogP contribution in [0.25, 0.3) is 6.08 Å². The fourth-order valence-electron chi connectivity index (χ4n) is 3.54. The van der Waals surface area contributed by atoms with Gasteiger partial charge in [-0.25, -0.2) is 0 Å². The van der Waals surface area contributed by atoms with Gasteiger partial charge >= 0.3 is 0 Å². The maximum absolute atomic E-state index is 13.2. The van der Waals surface area contributed by atoms with E-state index in [-0.39, 0.29) is 17.6 Å². The zero-order valence-electron chi connectivity index (χ0n) is 16.9. The van der Waals surface area contributed by atoms with Crippen molar-refractivity contribution in [2.45, 2.75) is 28.9 Å². The predicted molar refractivity (Wildman–Crippen MR) is 118 cm³/mol. The monoisotopic (exact) mass is 435 g/mol. The van der Waals surface area contributed by atoms with Gasteiger partial charge in [-0.05, 0) is 42.3 Å². The van der Waals surface area contributed by atoms with Gasteiger partial charge in [-0.2, -0.15) is 0 Å². The minimum absolute atomic E-state index is 0.0283. The van der Waals surface area contributed by atoms with Crippen molar-refractivity contribution in [2.75, 3.05) is 6.54 Å². The van der Waals surface area contributed by atoms with Crippen molar-refractivity contribution in [3.63, 3.8) is 0 Å². The van der Waals surface area contributed by atoms with Crippen LogP contribution >= 0.6 is 11.8 Å². The van der Waals surface area contributed by atoms with Crippen LogP contribution in [-0.4, -0.2) is 43.1 Å². The molecule has 0 saturated carbocycles. The number of likely N-dealkylation sites (tertiary alicyclic amines) is 1. The van der Waals surface area contributed by atoms with Crippen LogP contribution in [0.4, 0.5) is 5.69 Å². The van der Waals surface area contributed by atoms with Crippen LogP contribution in [0, 0.1) is 10.1 Å². The van der Waals surface area contributed by atoms with Crippen molar-refractivity contribution in [2.24, 2.45) is 7.05 Å². The molecule has 2 heterocycles. The number of hydrogen-bond donors (Lipinski definition) is 0. The Balaban J connectivity index is 1.56. The minimum Gasteiger partial charge on any atom is -0.332 e. The molecule has 2 aromatic carbocycles. The minimum atomic E-state index is -0.466. The number of carbonyl (C=O) groups excluding carboxylic acids is 1. The summed E-state index contributed by atoms with van der Waals surface area (Å²) in [7, 11) is 1.77. The molecule has 0 spiro atoms. The van der Waals surface area contributed by atoms with Crippen molar-refractivity contribution in [1.82, 2.24) is 19.7 Å². The number of nitrogens with zero attached hydrogens (tertiary/aromatic N) is 5. The second-order valence-electron chi connectivity index (χ2n) is 7.24. The van der Waals surface area contributed by atoms with E-state index in [1.165, 1.54) is 12.4 Å². The van der Waals surface area contributed by atoms with Crippen LogP contribution in [-0.2, 0) is 7.05 Å². The standard InChI is InChI=1S/C22H21N5O3S/c1-25-15-23-24-22(25)31-20-12-10-17(14-19(20)27(29)30)21(28)26-13-5-8-18(26)11-9-16-6-3-2-4-7-16/h2-4,6-7,9-12,14-15,18H,5,8,13H2,1H3. The molecular weight excluding hydrogens is 414 g/mol. The summed E-state index contributed by atoms with van der Waals surface area (Å²) < 4.78 is 1.68. The molecule has 1 saturated heterocycles. The number of benzene rings is 2. The van der Waals surface area contributed by atoms with Crippen molar-refractivity contribution < 1.29 is 9.72 Å². The molecule has 158 valence electrons. The topological polar surface area (TPSA) is 94.2 Å². The molecule has 1 atom stereocenters. The third-order valence-corrected chi connectivity index (χ3v) is 6.26. The summed E-state index contributed by atoms with van der Waals surface area (Å²) >= 11 is 1.15. The molecule has 0 bridgehead atoms. The lowest BCUT2D eigenvalue weighted by atomic mass is 10.1. The molecule has 1 aliphatic rings.